The van der Waals surface area contributed by atoms with Gasteiger partial charge in [-0.15, -0.1) is 0 Å². The average molecular weight is 153 g/mol. The summed E-state index contributed by atoms with van der Waals surface area (Å²) in [7, 11) is 0. The number of nitrogens with two attached hydrogens (primary N) is 1. The Labute approximate surface area is 67.3 Å². The second kappa shape index (κ2) is 5.53. The fourth-order valence-electron chi connectivity index (χ4n) is 0.277. The van der Waals surface area contributed by atoms with Crippen LogP contribution in [0.1, 0.15) is 20.8 Å². The van der Waals surface area contributed by atoms with E-state index >= 15 is 0 Å². The summed E-state index contributed by atoms with van der Waals surface area (Å²) in [6, 6.07) is 0. The predicted molar refractivity (Wildman–Crippen MR) is 48.1 cm³/mol. The van der Waals surface area contributed by atoms with Crippen LogP contribution in [0.15, 0.2) is 24.0 Å². The molecular weight excluding hydrogens is 138 g/mol. The van der Waals surface area contributed by atoms with Crippen LogP contribution in [0.3, 0.4) is 0 Å². The van der Waals surface area contributed by atoms with Gasteiger partial charge in [0.15, 0.2) is 5.95 Å². The summed E-state index contributed by atoms with van der Waals surface area (Å²) in [6.07, 6.45) is 5.37. The van der Waals surface area contributed by atoms with Crippen molar-refractivity contribution in [2.45, 2.75) is 20.8 Å². The number of rotatable bonds is 0. The van der Waals surface area contributed by atoms with Crippen molar-refractivity contribution in [3.8, 4) is 0 Å². The molecule has 11 heavy (non-hydrogen) atoms. The highest BCUT2D eigenvalue weighted by Crippen LogP contribution is 1.82. The number of imidazole rings is 1. The summed E-state index contributed by atoms with van der Waals surface area (Å²) < 4.78 is 0. The number of H-pyrrole nitrogens is 1. The summed E-state index contributed by atoms with van der Waals surface area (Å²) in [4.78, 5) is 6.31. The van der Waals surface area contributed by atoms with Gasteiger partial charge in [-0.2, -0.15) is 0 Å². The number of nitrogens with one attached hydrogen (secondary N) is 1. The minimum absolute atomic E-state index is 0.468. The second-order valence-electron chi connectivity index (χ2n) is 2.34. The van der Waals surface area contributed by atoms with Gasteiger partial charge in [-0.25, -0.2) is 4.98 Å². The van der Waals surface area contributed by atoms with Gasteiger partial charge < -0.3 is 10.7 Å². The maximum atomic E-state index is 5.11. The molecule has 0 atom stereocenters. The third kappa shape index (κ3) is 6.64. The normalized spacial score (nSPS) is 7.91. The SMILES string of the molecule is CC=C(C)C.Nc1ncc[nH]1. The van der Waals surface area contributed by atoms with Crippen molar-refractivity contribution >= 4 is 5.95 Å². The summed E-state index contributed by atoms with van der Waals surface area (Å²) in [5.41, 5.74) is 6.49. The number of hydrogen-bond acceptors (Lipinski definition) is 2. The first-order valence-electron chi connectivity index (χ1n) is 3.51. The Morgan fingerprint density at radius 1 is 1.64 bits per heavy atom. The van der Waals surface area contributed by atoms with Crippen LogP contribution in [-0.4, -0.2) is 9.97 Å². The minimum Gasteiger partial charge on any atom is -0.369 e. The Balaban J connectivity index is 0.000000187. The highest BCUT2D eigenvalue weighted by Gasteiger charge is 1.74. The predicted octanol–water partition coefficient (Wildman–Crippen LogP) is 1.96. The molecule has 1 aromatic rings. The van der Waals surface area contributed by atoms with E-state index in [2.05, 4.69) is 29.9 Å². The molecule has 0 saturated carbocycles. The summed E-state index contributed by atoms with van der Waals surface area (Å²) in [5.74, 6) is 0.468. The molecule has 0 aliphatic heterocycles. The number of allylic oxidation sites excluding steroid dienone is 2. The topological polar surface area (TPSA) is 54.7 Å². The quantitative estimate of drug-likeness (QED) is 0.560. The molecule has 0 aliphatic carbocycles. The van der Waals surface area contributed by atoms with Crippen LogP contribution in [0.25, 0.3) is 0 Å². The maximum absolute atomic E-state index is 5.11. The zero-order valence-electron chi connectivity index (χ0n) is 7.26. The highest BCUT2D eigenvalue weighted by atomic mass is 15.0. The van der Waals surface area contributed by atoms with Crippen molar-refractivity contribution in [2.75, 3.05) is 5.73 Å². The first-order valence-corrected chi connectivity index (χ1v) is 3.51. The molecule has 0 bridgehead atoms. The van der Waals surface area contributed by atoms with Gasteiger partial charge >= 0.3 is 0 Å². The third-order valence-electron chi connectivity index (χ3n) is 1.10. The van der Waals surface area contributed by atoms with Gasteiger partial charge in [-0.05, 0) is 20.8 Å². The lowest BCUT2D eigenvalue weighted by atomic mass is 10.3. The molecule has 0 radical (unpaired) electrons. The molecule has 0 spiro atoms. The van der Waals surface area contributed by atoms with Crippen molar-refractivity contribution < 1.29 is 0 Å². The Morgan fingerprint density at radius 2 is 2.18 bits per heavy atom. The van der Waals surface area contributed by atoms with Gasteiger partial charge in [-0.3, -0.25) is 0 Å². The van der Waals surface area contributed by atoms with Crippen molar-refractivity contribution in [3.05, 3.63) is 24.0 Å². The molecule has 0 aromatic carbocycles. The van der Waals surface area contributed by atoms with E-state index in [9.17, 15) is 0 Å². The number of hydrogen-bond donors (Lipinski definition) is 2. The molecule has 1 heterocycles. The van der Waals surface area contributed by atoms with Crippen LogP contribution < -0.4 is 5.73 Å². The van der Waals surface area contributed by atoms with E-state index in [-0.39, 0.29) is 0 Å². The molecule has 3 nitrogen and oxygen atoms in total. The van der Waals surface area contributed by atoms with E-state index in [4.69, 9.17) is 5.73 Å². The zero-order valence-corrected chi connectivity index (χ0v) is 7.26. The van der Waals surface area contributed by atoms with Gasteiger partial charge in [0, 0.05) is 12.4 Å². The van der Waals surface area contributed by atoms with Gasteiger partial charge in [0.05, 0.1) is 0 Å². The minimum atomic E-state index is 0.468. The third-order valence-corrected chi connectivity index (χ3v) is 1.10. The maximum Gasteiger partial charge on any atom is 0.197 e. The van der Waals surface area contributed by atoms with Gasteiger partial charge in [0.2, 0.25) is 0 Å². The van der Waals surface area contributed by atoms with Crippen LogP contribution in [0.4, 0.5) is 5.95 Å². The van der Waals surface area contributed by atoms with Crippen LogP contribution >= 0.6 is 0 Å². The number of nitrogen functional groups attached to an aromatic ring is 1. The van der Waals surface area contributed by atoms with E-state index < -0.39 is 0 Å². The molecule has 0 aliphatic rings. The smallest absolute Gasteiger partial charge is 0.197 e. The molecule has 3 heteroatoms. The Hall–Kier alpha value is -1.25. The molecule has 0 fully saturated rings. The lowest BCUT2D eigenvalue weighted by molar-refractivity contribution is 1.33. The van der Waals surface area contributed by atoms with Gasteiger partial charge in [-0.1, -0.05) is 11.6 Å². The molecule has 62 valence electrons. The standard InChI is InChI=1S/C5H10.C3H5N3/c1-4-5(2)3;4-3-5-1-2-6-3/h4H,1-3H3;1-2H,(H3,4,5,6). The molecule has 1 aromatic heterocycles. The van der Waals surface area contributed by atoms with E-state index in [0.717, 1.165) is 0 Å². The van der Waals surface area contributed by atoms with Gasteiger partial charge in [0.25, 0.3) is 0 Å². The fraction of sp³-hybridized carbons (Fsp3) is 0.375. The van der Waals surface area contributed by atoms with Crippen molar-refractivity contribution in [1.29, 1.82) is 0 Å². The summed E-state index contributed by atoms with van der Waals surface area (Å²) in [5, 5.41) is 0. The van der Waals surface area contributed by atoms with Crippen LogP contribution in [0.5, 0.6) is 0 Å². The molecule has 0 amide bonds. The Morgan fingerprint density at radius 3 is 2.27 bits per heavy atom. The monoisotopic (exact) mass is 153 g/mol. The molecular formula is C8H15N3. The first-order chi connectivity index (χ1) is 5.16. The van der Waals surface area contributed by atoms with E-state index in [0.29, 0.717) is 5.95 Å². The van der Waals surface area contributed by atoms with Crippen LogP contribution in [0, 0.1) is 0 Å². The average Bonchev–Trinajstić information content (AvgIpc) is 2.41. The van der Waals surface area contributed by atoms with E-state index in [1.807, 2.05) is 6.92 Å². The highest BCUT2D eigenvalue weighted by molar-refractivity contribution is 5.11. The number of aromatic nitrogens is 2. The number of aromatic amines is 1. The largest absolute Gasteiger partial charge is 0.369 e. The van der Waals surface area contributed by atoms with Crippen LogP contribution in [0.2, 0.25) is 0 Å². The van der Waals surface area contributed by atoms with Gasteiger partial charge in [0.1, 0.15) is 0 Å². The molecule has 1 rings (SSSR count). The number of nitrogens with zero attached hydrogens (tertiary/aromatic N) is 1. The molecule has 0 unspecified atom stereocenters. The fourth-order valence-corrected chi connectivity index (χ4v) is 0.277. The van der Waals surface area contributed by atoms with Crippen molar-refractivity contribution in [2.24, 2.45) is 0 Å². The first kappa shape index (κ1) is 9.75. The van der Waals surface area contributed by atoms with Crippen molar-refractivity contribution in [3.63, 3.8) is 0 Å². The van der Waals surface area contributed by atoms with E-state index in [1.165, 1.54) is 5.57 Å². The van der Waals surface area contributed by atoms with Crippen LogP contribution in [-0.2, 0) is 0 Å². The lowest BCUT2D eigenvalue weighted by Gasteiger charge is -1.74. The Bertz CT molecular complexity index is 195. The molecule has 0 saturated heterocycles. The Kier molecular flexibility index (Phi) is 4.90. The summed E-state index contributed by atoms with van der Waals surface area (Å²) in [6.45, 7) is 6.20. The lowest BCUT2D eigenvalue weighted by Crippen LogP contribution is -1.83. The zero-order chi connectivity index (χ0) is 8.69. The number of anilines is 1. The second-order valence-corrected chi connectivity index (χ2v) is 2.34. The summed E-state index contributed by atoms with van der Waals surface area (Å²) >= 11 is 0. The van der Waals surface area contributed by atoms with E-state index in [1.54, 1.807) is 12.4 Å². The molecule has 3 N–H and O–H groups in total. The van der Waals surface area contributed by atoms with Crippen molar-refractivity contribution in [1.82, 2.24) is 9.97 Å².